The van der Waals surface area contributed by atoms with Crippen LogP contribution in [0.4, 0.5) is 0 Å². The lowest BCUT2D eigenvalue weighted by molar-refractivity contribution is -0.144. The lowest BCUT2D eigenvalue weighted by Crippen LogP contribution is -2.41. The van der Waals surface area contributed by atoms with E-state index in [4.69, 9.17) is 11.1 Å². The number of nitrogens with zero attached hydrogens (tertiary/aromatic N) is 1. The third kappa shape index (κ3) is 2.72. The number of rotatable bonds is 4. The van der Waals surface area contributed by atoms with Gasteiger partial charge in [0.25, 0.3) is 0 Å². The van der Waals surface area contributed by atoms with Crippen LogP contribution in [0.2, 0.25) is 0 Å². The second kappa shape index (κ2) is 7.08. The first-order valence-corrected chi connectivity index (χ1v) is 10.9. The monoisotopic (exact) mass is 401 g/mol. The second-order valence-corrected chi connectivity index (χ2v) is 9.05. The lowest BCUT2D eigenvalue weighted by atomic mass is 9.64. The van der Waals surface area contributed by atoms with Crippen molar-refractivity contribution in [3.05, 3.63) is 71.3 Å². The van der Waals surface area contributed by atoms with E-state index in [2.05, 4.69) is 0 Å². The Morgan fingerprint density at radius 2 is 1.80 bits per heavy atom. The van der Waals surface area contributed by atoms with Crippen molar-refractivity contribution < 1.29 is 9.59 Å². The molecule has 0 aromatic heterocycles. The molecule has 3 fully saturated rings. The van der Waals surface area contributed by atoms with Crippen LogP contribution in [0.3, 0.4) is 0 Å². The van der Waals surface area contributed by atoms with Crippen LogP contribution in [0.1, 0.15) is 54.7 Å². The zero-order valence-electron chi connectivity index (χ0n) is 17.0. The van der Waals surface area contributed by atoms with E-state index in [1.807, 2.05) is 54.6 Å². The first kappa shape index (κ1) is 19.0. The van der Waals surface area contributed by atoms with Gasteiger partial charge in [-0.05, 0) is 42.2 Å². The molecule has 1 heterocycles. The molecule has 2 saturated carbocycles. The van der Waals surface area contributed by atoms with E-state index in [1.54, 1.807) is 0 Å². The minimum Gasteiger partial charge on any atom is -0.384 e. The van der Waals surface area contributed by atoms with Gasteiger partial charge in [-0.3, -0.25) is 19.9 Å². The molecule has 1 aliphatic heterocycles. The van der Waals surface area contributed by atoms with Gasteiger partial charge in [0.05, 0.1) is 17.9 Å². The molecule has 2 amide bonds. The van der Waals surface area contributed by atoms with Crippen LogP contribution in [0.15, 0.2) is 54.6 Å². The van der Waals surface area contributed by atoms with Crippen LogP contribution in [0.5, 0.6) is 0 Å². The van der Waals surface area contributed by atoms with Gasteiger partial charge in [0.15, 0.2) is 0 Å². The summed E-state index contributed by atoms with van der Waals surface area (Å²) in [5, 5.41) is 7.63. The number of nitrogen functional groups attached to an aromatic ring is 1. The number of amides is 2. The zero-order chi connectivity index (χ0) is 20.9. The summed E-state index contributed by atoms with van der Waals surface area (Å²) in [7, 11) is 0. The van der Waals surface area contributed by atoms with Gasteiger partial charge < -0.3 is 5.73 Å². The number of carbonyl (C=O) groups excluding carboxylic acids is 2. The molecule has 154 valence electrons. The van der Waals surface area contributed by atoms with Gasteiger partial charge in [-0.1, -0.05) is 67.4 Å². The minimum absolute atomic E-state index is 0.00565. The number of hydrogen-bond acceptors (Lipinski definition) is 3. The molecule has 0 bridgehead atoms. The topological polar surface area (TPSA) is 87.2 Å². The molecular formula is C25H27N3O2. The summed E-state index contributed by atoms with van der Waals surface area (Å²) >= 11 is 0. The molecule has 2 aromatic rings. The van der Waals surface area contributed by atoms with Crippen molar-refractivity contribution in [2.45, 2.75) is 44.6 Å². The fraction of sp³-hybridized carbons (Fsp3) is 0.400. The molecule has 1 saturated heterocycles. The van der Waals surface area contributed by atoms with Crippen LogP contribution in [0.25, 0.3) is 0 Å². The fourth-order valence-electron chi connectivity index (χ4n) is 6.29. The highest BCUT2D eigenvalue weighted by molar-refractivity contribution is 6.08. The summed E-state index contributed by atoms with van der Waals surface area (Å²) in [5.41, 5.74) is 7.83. The number of hydrogen-bond donors (Lipinski definition) is 2. The maximum atomic E-state index is 13.7. The summed E-state index contributed by atoms with van der Waals surface area (Å²) in [5.74, 6) is 0.126. The summed E-state index contributed by atoms with van der Waals surface area (Å²) in [6.07, 6.45) is 4.88. The first-order valence-electron chi connectivity index (χ1n) is 10.9. The van der Waals surface area contributed by atoms with Crippen molar-refractivity contribution in [2.75, 3.05) is 0 Å². The maximum Gasteiger partial charge on any atom is 0.236 e. The van der Waals surface area contributed by atoms with E-state index in [0.29, 0.717) is 12.1 Å². The normalized spacial score (nSPS) is 30.3. The van der Waals surface area contributed by atoms with Gasteiger partial charge in [0.2, 0.25) is 11.8 Å². The van der Waals surface area contributed by atoms with Crippen LogP contribution in [-0.2, 0) is 16.1 Å². The van der Waals surface area contributed by atoms with E-state index >= 15 is 0 Å². The molecule has 0 radical (unpaired) electrons. The Hall–Kier alpha value is -2.95. The average molecular weight is 402 g/mol. The molecular weight excluding hydrogens is 374 g/mol. The lowest BCUT2D eigenvalue weighted by Gasteiger charge is -2.37. The van der Waals surface area contributed by atoms with E-state index in [0.717, 1.165) is 43.2 Å². The Morgan fingerprint density at radius 3 is 2.50 bits per heavy atom. The number of imide groups is 1. The molecule has 2 aliphatic carbocycles. The van der Waals surface area contributed by atoms with Gasteiger partial charge in [-0.25, -0.2) is 0 Å². The largest absolute Gasteiger partial charge is 0.384 e. The molecule has 4 unspecified atom stereocenters. The van der Waals surface area contributed by atoms with Crippen molar-refractivity contribution in [1.82, 2.24) is 4.90 Å². The fourth-order valence-corrected chi connectivity index (χ4v) is 6.29. The second-order valence-electron chi connectivity index (χ2n) is 9.05. The highest BCUT2D eigenvalue weighted by atomic mass is 16.2. The molecule has 4 atom stereocenters. The van der Waals surface area contributed by atoms with E-state index in [-0.39, 0.29) is 35.4 Å². The average Bonchev–Trinajstić information content (AvgIpc) is 3.22. The molecule has 2 aromatic carbocycles. The van der Waals surface area contributed by atoms with Crippen LogP contribution in [-0.4, -0.2) is 22.5 Å². The van der Waals surface area contributed by atoms with E-state index in [9.17, 15) is 9.59 Å². The third-order valence-electron chi connectivity index (χ3n) is 7.63. The van der Waals surface area contributed by atoms with Gasteiger partial charge in [0.1, 0.15) is 5.84 Å². The molecule has 5 rings (SSSR count). The van der Waals surface area contributed by atoms with Crippen molar-refractivity contribution in [1.29, 1.82) is 5.41 Å². The Morgan fingerprint density at radius 1 is 1.07 bits per heavy atom. The predicted molar refractivity (Wildman–Crippen MR) is 115 cm³/mol. The van der Waals surface area contributed by atoms with Crippen molar-refractivity contribution in [2.24, 2.45) is 23.0 Å². The number of benzene rings is 2. The third-order valence-corrected chi connectivity index (χ3v) is 7.63. The Labute approximate surface area is 176 Å². The van der Waals surface area contributed by atoms with E-state index < -0.39 is 5.41 Å². The van der Waals surface area contributed by atoms with Gasteiger partial charge in [-0.2, -0.15) is 0 Å². The first-order chi connectivity index (χ1) is 14.5. The zero-order valence-corrected chi connectivity index (χ0v) is 17.0. The standard InChI is InChI=1S/C25H27N3O2/c26-22(27)18-11-9-17(10-12-18)20-14-19-8-4-5-13-25(19)21(20)23(29)28(24(25)30)15-16-6-2-1-3-7-16/h1-3,6-7,9-12,19-21H,4-5,8,13-15H2,(H3,26,27). The van der Waals surface area contributed by atoms with Gasteiger partial charge in [0, 0.05) is 5.56 Å². The Kier molecular flexibility index (Phi) is 4.49. The summed E-state index contributed by atoms with van der Waals surface area (Å²) < 4.78 is 0. The Bertz CT molecular complexity index is 1000. The molecule has 5 heteroatoms. The number of amidine groups is 1. The van der Waals surface area contributed by atoms with Crippen LogP contribution >= 0.6 is 0 Å². The molecule has 3 aliphatic rings. The summed E-state index contributed by atoms with van der Waals surface area (Å²) in [6, 6.07) is 17.5. The predicted octanol–water partition coefficient (Wildman–Crippen LogP) is 3.82. The quantitative estimate of drug-likeness (QED) is 0.464. The highest BCUT2D eigenvalue weighted by Gasteiger charge is 2.68. The summed E-state index contributed by atoms with van der Waals surface area (Å²) in [4.78, 5) is 28.9. The molecule has 1 spiro atoms. The van der Waals surface area contributed by atoms with Crippen LogP contribution in [0, 0.1) is 22.7 Å². The molecule has 30 heavy (non-hydrogen) atoms. The highest BCUT2D eigenvalue weighted by Crippen LogP contribution is 2.65. The van der Waals surface area contributed by atoms with Gasteiger partial charge in [-0.15, -0.1) is 0 Å². The van der Waals surface area contributed by atoms with E-state index in [1.165, 1.54) is 4.90 Å². The maximum absolute atomic E-state index is 13.7. The molecule has 5 nitrogen and oxygen atoms in total. The van der Waals surface area contributed by atoms with Crippen molar-refractivity contribution in [3.8, 4) is 0 Å². The number of nitrogens with one attached hydrogen (secondary N) is 1. The summed E-state index contributed by atoms with van der Waals surface area (Å²) in [6.45, 7) is 0.361. The van der Waals surface area contributed by atoms with Crippen molar-refractivity contribution >= 4 is 17.6 Å². The smallest absolute Gasteiger partial charge is 0.236 e. The van der Waals surface area contributed by atoms with Crippen molar-refractivity contribution in [3.63, 3.8) is 0 Å². The molecule has 3 N–H and O–H groups in total. The van der Waals surface area contributed by atoms with Gasteiger partial charge >= 0.3 is 0 Å². The number of nitrogens with two attached hydrogens (primary N) is 1. The Balaban J connectivity index is 1.53. The number of carbonyl (C=O) groups is 2. The number of likely N-dealkylation sites (tertiary alicyclic amines) is 1. The minimum atomic E-state index is -0.534. The SMILES string of the molecule is N=C(N)c1ccc(C2CC3CCCCC34C(=O)N(Cc3ccccc3)C(=O)C24)cc1. The van der Waals surface area contributed by atoms with Crippen LogP contribution < -0.4 is 5.73 Å².